The van der Waals surface area contributed by atoms with Crippen molar-refractivity contribution in [3.63, 3.8) is 0 Å². The van der Waals surface area contributed by atoms with Crippen LogP contribution in [0.5, 0.6) is 0 Å². The molecule has 2 heterocycles. The minimum Gasteiger partial charge on any atom is -0.446 e. The summed E-state index contributed by atoms with van der Waals surface area (Å²) in [6, 6.07) is 0. The number of hydrogen-bond acceptors (Lipinski definition) is 6. The summed E-state index contributed by atoms with van der Waals surface area (Å²) in [7, 11) is 3.85. The zero-order valence-electron chi connectivity index (χ0n) is 11.0. The molecule has 18 heavy (non-hydrogen) atoms. The topological polar surface area (TPSA) is 62.4 Å². The van der Waals surface area contributed by atoms with Gasteiger partial charge in [-0.1, -0.05) is 11.3 Å². The van der Waals surface area contributed by atoms with Gasteiger partial charge in [0, 0.05) is 20.3 Å². The van der Waals surface area contributed by atoms with Crippen LogP contribution in [0, 0.1) is 13.8 Å². The standard InChI is InChI=1S/C12H17N3O2S/c1-7-8(2)17-11(14-7)5-9(16)10-6-13-12(18-10)15(3)4/h6,9,16H,5H2,1-4H3. The summed E-state index contributed by atoms with van der Waals surface area (Å²) in [6.45, 7) is 3.76. The predicted molar refractivity (Wildman–Crippen MR) is 71.1 cm³/mol. The van der Waals surface area contributed by atoms with Crippen molar-refractivity contribution in [2.75, 3.05) is 19.0 Å². The first kappa shape index (κ1) is 13.0. The molecule has 0 saturated heterocycles. The van der Waals surface area contributed by atoms with Gasteiger partial charge in [-0.15, -0.1) is 0 Å². The van der Waals surface area contributed by atoms with Gasteiger partial charge in [0.2, 0.25) is 0 Å². The Labute approximate surface area is 110 Å². The second kappa shape index (κ2) is 5.07. The Balaban J connectivity index is 2.09. The molecule has 1 N–H and O–H groups in total. The Kier molecular flexibility index (Phi) is 3.68. The molecule has 0 aromatic carbocycles. The molecule has 5 nitrogen and oxygen atoms in total. The maximum atomic E-state index is 10.1. The molecular formula is C12H17N3O2S. The number of aromatic nitrogens is 2. The maximum absolute atomic E-state index is 10.1. The van der Waals surface area contributed by atoms with Gasteiger partial charge in [0.05, 0.1) is 23.1 Å². The van der Waals surface area contributed by atoms with E-state index < -0.39 is 6.10 Å². The lowest BCUT2D eigenvalue weighted by atomic mass is 10.2. The third-order valence-corrected chi connectivity index (χ3v) is 3.93. The fourth-order valence-corrected chi connectivity index (χ4v) is 2.35. The summed E-state index contributed by atoms with van der Waals surface area (Å²) in [6.07, 6.45) is 1.46. The van der Waals surface area contributed by atoms with E-state index in [0.29, 0.717) is 12.3 Å². The molecule has 0 amide bonds. The number of hydrogen-bond donors (Lipinski definition) is 1. The molecule has 6 heteroatoms. The van der Waals surface area contributed by atoms with Gasteiger partial charge in [0.25, 0.3) is 0 Å². The van der Waals surface area contributed by atoms with Gasteiger partial charge in [0.15, 0.2) is 11.0 Å². The Hall–Kier alpha value is -1.40. The molecule has 1 unspecified atom stereocenters. The van der Waals surface area contributed by atoms with Crippen LogP contribution in [0.25, 0.3) is 0 Å². The summed E-state index contributed by atoms with van der Waals surface area (Å²) in [5.74, 6) is 1.37. The van der Waals surface area contributed by atoms with Crippen LogP contribution < -0.4 is 4.90 Å². The van der Waals surface area contributed by atoms with Gasteiger partial charge >= 0.3 is 0 Å². The van der Waals surface area contributed by atoms with Crippen LogP contribution in [0.15, 0.2) is 10.6 Å². The molecule has 2 rings (SSSR count). The third kappa shape index (κ3) is 2.70. The zero-order valence-corrected chi connectivity index (χ0v) is 11.8. The molecule has 0 fully saturated rings. The Morgan fingerprint density at radius 1 is 1.44 bits per heavy atom. The molecule has 2 aromatic rings. The highest BCUT2D eigenvalue weighted by atomic mass is 32.1. The lowest BCUT2D eigenvalue weighted by molar-refractivity contribution is 0.171. The van der Waals surface area contributed by atoms with E-state index in [1.807, 2.05) is 32.8 Å². The van der Waals surface area contributed by atoms with Crippen LogP contribution in [0.1, 0.15) is 28.3 Å². The molecule has 98 valence electrons. The number of aliphatic hydroxyl groups excluding tert-OH is 1. The summed E-state index contributed by atoms with van der Waals surface area (Å²) in [5, 5.41) is 11.0. The van der Waals surface area contributed by atoms with E-state index in [2.05, 4.69) is 9.97 Å². The number of thiazole rings is 1. The van der Waals surface area contributed by atoms with Crippen molar-refractivity contribution in [3.8, 4) is 0 Å². The first-order valence-corrected chi connectivity index (χ1v) is 6.53. The minimum absolute atomic E-state index is 0.379. The molecule has 0 aliphatic heterocycles. The van der Waals surface area contributed by atoms with Crippen LogP contribution in [0.4, 0.5) is 5.13 Å². The quantitative estimate of drug-likeness (QED) is 0.919. The van der Waals surface area contributed by atoms with Gasteiger partial charge in [-0.3, -0.25) is 0 Å². The molecular weight excluding hydrogens is 250 g/mol. The van der Waals surface area contributed by atoms with E-state index >= 15 is 0 Å². The van der Waals surface area contributed by atoms with E-state index in [0.717, 1.165) is 21.5 Å². The molecule has 0 bridgehead atoms. The monoisotopic (exact) mass is 267 g/mol. The lowest BCUT2D eigenvalue weighted by Crippen LogP contribution is -2.07. The highest BCUT2D eigenvalue weighted by Gasteiger charge is 2.16. The van der Waals surface area contributed by atoms with Crippen LogP contribution >= 0.6 is 11.3 Å². The van der Waals surface area contributed by atoms with Crippen molar-refractivity contribution >= 4 is 16.5 Å². The van der Waals surface area contributed by atoms with E-state index in [-0.39, 0.29) is 0 Å². The van der Waals surface area contributed by atoms with Crippen molar-refractivity contribution in [3.05, 3.63) is 28.4 Å². The Bertz CT molecular complexity index is 514. The normalized spacial score (nSPS) is 12.7. The number of nitrogens with zero attached hydrogens (tertiary/aromatic N) is 3. The Morgan fingerprint density at radius 3 is 2.67 bits per heavy atom. The van der Waals surface area contributed by atoms with Crippen LogP contribution in [-0.4, -0.2) is 29.2 Å². The van der Waals surface area contributed by atoms with Crippen molar-refractivity contribution in [1.29, 1.82) is 0 Å². The van der Waals surface area contributed by atoms with E-state index in [1.54, 1.807) is 6.20 Å². The van der Waals surface area contributed by atoms with Crippen molar-refractivity contribution in [1.82, 2.24) is 9.97 Å². The van der Waals surface area contributed by atoms with Gasteiger partial charge in [-0.05, 0) is 13.8 Å². The fraction of sp³-hybridized carbons (Fsp3) is 0.500. The zero-order chi connectivity index (χ0) is 13.3. The van der Waals surface area contributed by atoms with Crippen molar-refractivity contribution in [2.24, 2.45) is 0 Å². The SMILES string of the molecule is Cc1nc(CC(O)c2cnc(N(C)C)s2)oc1C. The van der Waals surface area contributed by atoms with Gasteiger partial charge in [-0.25, -0.2) is 9.97 Å². The highest BCUT2D eigenvalue weighted by Crippen LogP contribution is 2.28. The molecule has 0 spiro atoms. The first-order chi connectivity index (χ1) is 8.47. The fourth-order valence-electron chi connectivity index (χ4n) is 1.53. The number of anilines is 1. The summed E-state index contributed by atoms with van der Waals surface area (Å²) in [5.41, 5.74) is 0.871. The first-order valence-electron chi connectivity index (χ1n) is 5.71. The third-order valence-electron chi connectivity index (χ3n) is 2.66. The smallest absolute Gasteiger partial charge is 0.197 e. The number of aliphatic hydroxyl groups is 1. The number of aryl methyl sites for hydroxylation is 2. The second-order valence-electron chi connectivity index (χ2n) is 4.41. The summed E-state index contributed by atoms with van der Waals surface area (Å²) in [4.78, 5) is 11.2. The largest absolute Gasteiger partial charge is 0.446 e. The van der Waals surface area contributed by atoms with Gasteiger partial charge in [0.1, 0.15) is 5.76 Å². The second-order valence-corrected chi connectivity index (χ2v) is 5.45. The number of rotatable bonds is 4. The average molecular weight is 267 g/mol. The van der Waals surface area contributed by atoms with E-state index in [1.165, 1.54) is 11.3 Å². The average Bonchev–Trinajstić information content (AvgIpc) is 2.87. The number of oxazole rings is 1. The molecule has 0 saturated carbocycles. The van der Waals surface area contributed by atoms with E-state index in [9.17, 15) is 5.11 Å². The van der Waals surface area contributed by atoms with Crippen molar-refractivity contribution in [2.45, 2.75) is 26.4 Å². The van der Waals surface area contributed by atoms with Crippen molar-refractivity contribution < 1.29 is 9.52 Å². The minimum atomic E-state index is -0.617. The lowest BCUT2D eigenvalue weighted by Gasteiger charge is -2.06. The van der Waals surface area contributed by atoms with Gasteiger partial charge in [-0.2, -0.15) is 0 Å². The highest BCUT2D eigenvalue weighted by molar-refractivity contribution is 7.15. The van der Waals surface area contributed by atoms with Crippen LogP contribution in [-0.2, 0) is 6.42 Å². The molecule has 2 aromatic heterocycles. The maximum Gasteiger partial charge on any atom is 0.197 e. The summed E-state index contributed by atoms with van der Waals surface area (Å²) >= 11 is 1.47. The molecule has 0 aliphatic rings. The van der Waals surface area contributed by atoms with Crippen LogP contribution in [0.3, 0.4) is 0 Å². The summed E-state index contributed by atoms with van der Waals surface area (Å²) < 4.78 is 5.46. The van der Waals surface area contributed by atoms with Crippen LogP contribution in [0.2, 0.25) is 0 Å². The predicted octanol–water partition coefficient (Wildman–Crippen LogP) is 2.09. The van der Waals surface area contributed by atoms with E-state index in [4.69, 9.17) is 4.42 Å². The Morgan fingerprint density at radius 2 is 2.17 bits per heavy atom. The molecule has 1 atom stereocenters. The molecule has 0 aliphatic carbocycles. The van der Waals surface area contributed by atoms with Gasteiger partial charge < -0.3 is 14.4 Å². The molecule has 0 radical (unpaired) electrons.